The smallest absolute Gasteiger partial charge is 0.387 e. The van der Waals surface area contributed by atoms with Crippen LogP contribution in [0, 0.1) is 6.92 Å². The molecular weight excluding hydrogens is 362 g/mol. The molecule has 0 amide bonds. The van der Waals surface area contributed by atoms with E-state index in [2.05, 4.69) is 14.6 Å². The number of ether oxygens (including phenoxy) is 3. The summed E-state index contributed by atoms with van der Waals surface area (Å²) < 4.78 is 40.7. The van der Waals surface area contributed by atoms with E-state index in [4.69, 9.17) is 9.47 Å². The Balaban J connectivity index is 1.78. The molecule has 2 aromatic rings. The van der Waals surface area contributed by atoms with Crippen LogP contribution in [0.3, 0.4) is 0 Å². The lowest BCUT2D eigenvalue weighted by atomic mass is 10.1. The van der Waals surface area contributed by atoms with Crippen molar-refractivity contribution in [1.29, 1.82) is 0 Å². The molecule has 1 fully saturated rings. The van der Waals surface area contributed by atoms with Gasteiger partial charge in [0.25, 0.3) is 0 Å². The number of nitrogens with zero attached hydrogens (tertiary/aromatic N) is 2. The van der Waals surface area contributed by atoms with Gasteiger partial charge in [0.05, 0.1) is 25.9 Å². The third kappa shape index (κ3) is 4.69. The van der Waals surface area contributed by atoms with Gasteiger partial charge in [-0.1, -0.05) is 6.07 Å². The lowest BCUT2D eigenvalue weighted by Gasteiger charge is -2.34. The van der Waals surface area contributed by atoms with Crippen molar-refractivity contribution in [2.24, 2.45) is 0 Å². The molecule has 0 radical (unpaired) electrons. The van der Waals surface area contributed by atoms with Gasteiger partial charge in [0, 0.05) is 24.2 Å². The van der Waals surface area contributed by atoms with Crippen LogP contribution in [-0.2, 0) is 11.3 Å². The van der Waals surface area contributed by atoms with Crippen LogP contribution in [-0.4, -0.2) is 42.9 Å². The number of rotatable bonds is 7. The number of morpholine rings is 1. The molecule has 1 aromatic carbocycles. The zero-order chi connectivity index (χ0) is 18.5. The summed E-state index contributed by atoms with van der Waals surface area (Å²) in [6.07, 6.45) is 0. The molecule has 1 aliphatic heterocycles. The van der Waals surface area contributed by atoms with Gasteiger partial charge in [-0.2, -0.15) is 8.78 Å². The van der Waals surface area contributed by atoms with Gasteiger partial charge in [0.1, 0.15) is 5.01 Å². The van der Waals surface area contributed by atoms with Crippen LogP contribution < -0.4 is 9.47 Å². The van der Waals surface area contributed by atoms with Crippen molar-refractivity contribution >= 4 is 11.3 Å². The zero-order valence-corrected chi connectivity index (χ0v) is 15.6. The van der Waals surface area contributed by atoms with Crippen molar-refractivity contribution in [3.05, 3.63) is 39.8 Å². The molecular formula is C18H22F2N2O3S. The van der Waals surface area contributed by atoms with Crippen molar-refractivity contribution in [3.63, 3.8) is 0 Å². The molecule has 0 saturated carbocycles. The van der Waals surface area contributed by atoms with E-state index in [0.29, 0.717) is 32.1 Å². The monoisotopic (exact) mass is 384 g/mol. The second-order valence-corrected chi connectivity index (χ2v) is 6.87. The van der Waals surface area contributed by atoms with Crippen molar-refractivity contribution in [2.75, 3.05) is 26.4 Å². The normalized spacial score (nSPS) is 18.3. The molecule has 1 atom stereocenters. The quantitative estimate of drug-likeness (QED) is 0.721. The summed E-state index contributed by atoms with van der Waals surface area (Å²) in [5.41, 5.74) is 1.97. The largest absolute Gasteiger partial charge is 0.490 e. The van der Waals surface area contributed by atoms with E-state index in [1.807, 2.05) is 19.2 Å². The molecule has 1 aromatic heterocycles. The highest BCUT2D eigenvalue weighted by atomic mass is 32.1. The van der Waals surface area contributed by atoms with Crippen LogP contribution in [0.2, 0.25) is 0 Å². The number of thiazole rings is 1. The first-order valence-corrected chi connectivity index (χ1v) is 9.39. The molecule has 2 heterocycles. The highest BCUT2D eigenvalue weighted by Gasteiger charge is 2.27. The molecule has 5 nitrogen and oxygen atoms in total. The van der Waals surface area contributed by atoms with E-state index >= 15 is 0 Å². The van der Waals surface area contributed by atoms with E-state index in [1.165, 1.54) is 6.07 Å². The summed E-state index contributed by atoms with van der Waals surface area (Å²) in [7, 11) is 0. The minimum absolute atomic E-state index is 0.0553. The predicted molar refractivity (Wildman–Crippen MR) is 95.1 cm³/mol. The maximum Gasteiger partial charge on any atom is 0.387 e. The van der Waals surface area contributed by atoms with E-state index < -0.39 is 6.61 Å². The maximum absolute atomic E-state index is 12.5. The Morgan fingerprint density at radius 2 is 2.23 bits per heavy atom. The van der Waals surface area contributed by atoms with E-state index in [9.17, 15) is 8.78 Å². The highest BCUT2D eigenvalue weighted by molar-refractivity contribution is 7.09. The fourth-order valence-corrected chi connectivity index (χ4v) is 3.84. The van der Waals surface area contributed by atoms with Crippen LogP contribution in [0.25, 0.3) is 0 Å². The van der Waals surface area contributed by atoms with E-state index in [-0.39, 0.29) is 11.8 Å². The van der Waals surface area contributed by atoms with Crippen LogP contribution in [0.15, 0.2) is 23.6 Å². The average Bonchev–Trinajstić information content (AvgIpc) is 3.04. The van der Waals surface area contributed by atoms with Crippen molar-refractivity contribution in [3.8, 4) is 11.5 Å². The minimum atomic E-state index is -2.88. The maximum atomic E-state index is 12.5. The van der Waals surface area contributed by atoms with Crippen LogP contribution in [0.4, 0.5) is 8.78 Å². The second kappa shape index (κ2) is 8.75. The van der Waals surface area contributed by atoms with Crippen molar-refractivity contribution < 1.29 is 23.0 Å². The fraction of sp³-hybridized carbons (Fsp3) is 0.500. The molecule has 0 N–H and O–H groups in total. The van der Waals surface area contributed by atoms with Gasteiger partial charge in [-0.05, 0) is 31.5 Å². The molecule has 0 bridgehead atoms. The number of hydrogen-bond donors (Lipinski definition) is 0. The summed E-state index contributed by atoms with van der Waals surface area (Å²) in [5.74, 6) is 0.389. The Labute approximate surface area is 155 Å². The Morgan fingerprint density at radius 3 is 2.92 bits per heavy atom. The second-order valence-electron chi connectivity index (χ2n) is 5.98. The van der Waals surface area contributed by atoms with Crippen LogP contribution in [0.5, 0.6) is 11.5 Å². The molecule has 1 saturated heterocycles. The number of aryl methyl sites for hydroxylation is 1. The molecule has 3 rings (SSSR count). The highest BCUT2D eigenvalue weighted by Crippen LogP contribution is 2.33. The molecule has 1 unspecified atom stereocenters. The standard InChI is InChI=1S/C18H22F2N2O3S/c1-3-24-16-8-13(4-5-15(16)25-18(19)20)9-22-6-7-23-10-14(22)17-21-12(2)11-26-17/h4-5,8,11,14,18H,3,6-7,9-10H2,1-2H3. The van der Waals surface area contributed by atoms with Gasteiger partial charge in [0.2, 0.25) is 0 Å². The molecule has 0 aliphatic carbocycles. The lowest BCUT2D eigenvalue weighted by Crippen LogP contribution is -2.39. The average molecular weight is 384 g/mol. The van der Waals surface area contributed by atoms with Gasteiger partial charge < -0.3 is 14.2 Å². The van der Waals surface area contributed by atoms with E-state index in [1.54, 1.807) is 23.5 Å². The topological polar surface area (TPSA) is 43.8 Å². The SMILES string of the molecule is CCOc1cc(CN2CCOCC2c2nc(C)cs2)ccc1OC(F)F. The predicted octanol–water partition coefficient (Wildman–Crippen LogP) is 4.03. The van der Waals surface area contributed by atoms with Gasteiger partial charge in [-0.25, -0.2) is 4.98 Å². The summed E-state index contributed by atoms with van der Waals surface area (Å²) in [4.78, 5) is 6.88. The molecule has 1 aliphatic rings. The Hall–Kier alpha value is -1.77. The first-order chi connectivity index (χ1) is 12.6. The van der Waals surface area contributed by atoms with Crippen LogP contribution in [0.1, 0.15) is 29.2 Å². The number of halogens is 2. The van der Waals surface area contributed by atoms with E-state index in [0.717, 1.165) is 22.8 Å². The summed E-state index contributed by atoms with van der Waals surface area (Å²) in [6.45, 7) is 3.97. The fourth-order valence-electron chi connectivity index (χ4n) is 2.93. The van der Waals surface area contributed by atoms with Crippen molar-refractivity contribution in [1.82, 2.24) is 9.88 Å². The number of hydrogen-bond acceptors (Lipinski definition) is 6. The van der Waals surface area contributed by atoms with Gasteiger partial charge in [0.15, 0.2) is 11.5 Å². The Bertz CT molecular complexity index is 726. The minimum Gasteiger partial charge on any atom is -0.490 e. The first kappa shape index (κ1) is 19.0. The molecule has 26 heavy (non-hydrogen) atoms. The number of aromatic nitrogens is 1. The van der Waals surface area contributed by atoms with Gasteiger partial charge >= 0.3 is 6.61 Å². The lowest BCUT2D eigenvalue weighted by molar-refractivity contribution is -0.0515. The van der Waals surface area contributed by atoms with Crippen LogP contribution >= 0.6 is 11.3 Å². The summed E-state index contributed by atoms with van der Waals surface area (Å²) >= 11 is 1.63. The molecule has 142 valence electrons. The summed E-state index contributed by atoms with van der Waals surface area (Å²) in [6, 6.07) is 5.19. The summed E-state index contributed by atoms with van der Waals surface area (Å²) in [5, 5.41) is 3.07. The number of benzene rings is 1. The Kier molecular flexibility index (Phi) is 6.39. The Morgan fingerprint density at radius 1 is 1.38 bits per heavy atom. The molecule has 8 heteroatoms. The third-order valence-electron chi connectivity index (χ3n) is 4.07. The van der Waals surface area contributed by atoms with Gasteiger partial charge in [-0.3, -0.25) is 4.90 Å². The first-order valence-electron chi connectivity index (χ1n) is 8.51. The third-order valence-corrected chi connectivity index (χ3v) is 5.13. The van der Waals surface area contributed by atoms with Crippen molar-refractivity contribution in [2.45, 2.75) is 33.0 Å². The zero-order valence-electron chi connectivity index (χ0n) is 14.8. The molecule has 0 spiro atoms. The van der Waals surface area contributed by atoms with Gasteiger partial charge in [-0.15, -0.1) is 11.3 Å². The number of alkyl halides is 2.